The molecule has 3 heteroatoms. The number of carbonyl (C=O) groups excluding carboxylic acids is 1. The van der Waals surface area contributed by atoms with E-state index >= 15 is 0 Å². The average Bonchev–Trinajstić information content (AvgIpc) is 1.92. The van der Waals surface area contributed by atoms with Gasteiger partial charge in [-0.25, -0.2) is 0 Å². The highest BCUT2D eigenvalue weighted by Gasteiger charge is 2.25. The normalized spacial score (nSPS) is 11.5. The van der Waals surface area contributed by atoms with Crippen LogP contribution in [0, 0.1) is 5.41 Å². The Morgan fingerprint density at radius 3 is 1.90 bits per heavy atom. The monoisotopic (exact) mass is 255 g/mol. The molecule has 2 nitrogen and oxygen atoms in total. The van der Waals surface area contributed by atoms with Gasteiger partial charge in [0.05, 0.1) is 0 Å². The third-order valence-corrected chi connectivity index (χ3v) is 3.50. The van der Waals surface area contributed by atoms with Gasteiger partial charge in [0.1, 0.15) is 0 Å². The minimum Gasteiger partial charge on any atom is -0.550 e. The summed E-state index contributed by atoms with van der Waals surface area (Å²) in [6, 6.07) is 0. The summed E-state index contributed by atoms with van der Waals surface area (Å²) in [5.41, 5.74) is -0.583. The van der Waals surface area contributed by atoms with Crippen molar-refractivity contribution in [1.82, 2.24) is 0 Å². The van der Waals surface area contributed by atoms with Gasteiger partial charge in [0, 0.05) is 15.8 Å². The zero-order chi connectivity index (χ0) is 8.20. The van der Waals surface area contributed by atoms with Crippen molar-refractivity contribution in [2.75, 3.05) is 4.43 Å². The fourth-order valence-electron chi connectivity index (χ4n) is 0.782. The Morgan fingerprint density at radius 1 is 1.50 bits per heavy atom. The van der Waals surface area contributed by atoms with Gasteiger partial charge < -0.3 is 9.90 Å². The van der Waals surface area contributed by atoms with Crippen molar-refractivity contribution in [3.63, 3.8) is 0 Å². The maximum atomic E-state index is 10.6. The molecule has 0 aliphatic rings. The van der Waals surface area contributed by atoms with Crippen molar-refractivity contribution in [2.45, 2.75) is 26.7 Å². The van der Waals surface area contributed by atoms with Crippen LogP contribution in [0.5, 0.6) is 0 Å². The van der Waals surface area contributed by atoms with E-state index in [9.17, 15) is 9.90 Å². The number of rotatable bonds is 4. The second kappa shape index (κ2) is 4.16. The third kappa shape index (κ3) is 1.84. The molecular formula is C7H12IO2-. The summed E-state index contributed by atoms with van der Waals surface area (Å²) >= 11 is 2.10. The van der Waals surface area contributed by atoms with Crippen molar-refractivity contribution in [3.8, 4) is 0 Å². The summed E-state index contributed by atoms with van der Waals surface area (Å²) in [5, 5.41) is 10.6. The van der Waals surface area contributed by atoms with Crippen LogP contribution in [0.4, 0.5) is 0 Å². The molecule has 0 N–H and O–H groups in total. The van der Waals surface area contributed by atoms with Crippen molar-refractivity contribution < 1.29 is 9.90 Å². The number of hydrogen-bond acceptors (Lipinski definition) is 2. The van der Waals surface area contributed by atoms with Gasteiger partial charge in [-0.15, -0.1) is 0 Å². The van der Waals surface area contributed by atoms with Crippen molar-refractivity contribution in [2.24, 2.45) is 5.41 Å². The molecule has 0 aromatic heterocycles. The lowest BCUT2D eigenvalue weighted by molar-refractivity contribution is -0.318. The Hall–Kier alpha value is 0.200. The van der Waals surface area contributed by atoms with Crippen LogP contribution in [0.25, 0.3) is 0 Å². The molecule has 0 spiro atoms. The Morgan fingerprint density at radius 2 is 1.90 bits per heavy atom. The van der Waals surface area contributed by atoms with E-state index in [0.717, 1.165) is 0 Å². The number of halogens is 1. The van der Waals surface area contributed by atoms with Crippen LogP contribution in [0.15, 0.2) is 0 Å². The van der Waals surface area contributed by atoms with Crippen molar-refractivity contribution in [3.05, 3.63) is 0 Å². The van der Waals surface area contributed by atoms with E-state index in [1.165, 1.54) is 0 Å². The van der Waals surface area contributed by atoms with E-state index in [1.807, 2.05) is 13.8 Å². The standard InChI is InChI=1S/C7H13IO2/c1-3-7(4-2,5-8)6(9)10/h3-5H2,1-2H3,(H,9,10)/p-1. The highest BCUT2D eigenvalue weighted by Crippen LogP contribution is 2.27. The van der Waals surface area contributed by atoms with Gasteiger partial charge in [0.25, 0.3) is 0 Å². The van der Waals surface area contributed by atoms with Gasteiger partial charge in [0.15, 0.2) is 0 Å². The number of carbonyl (C=O) groups is 1. The molecular weight excluding hydrogens is 243 g/mol. The van der Waals surface area contributed by atoms with Crippen LogP contribution in [0.1, 0.15) is 26.7 Å². The number of hydrogen-bond donors (Lipinski definition) is 0. The molecule has 10 heavy (non-hydrogen) atoms. The molecule has 0 bridgehead atoms. The first kappa shape index (κ1) is 10.2. The van der Waals surface area contributed by atoms with Crippen LogP contribution in [-0.2, 0) is 4.79 Å². The minimum absolute atomic E-state index is 0.583. The molecule has 0 saturated carbocycles. The smallest absolute Gasteiger partial charge is 0.0483 e. The van der Waals surface area contributed by atoms with Gasteiger partial charge in [-0.2, -0.15) is 0 Å². The van der Waals surface area contributed by atoms with E-state index in [1.54, 1.807) is 0 Å². The molecule has 0 heterocycles. The maximum absolute atomic E-state index is 10.6. The van der Waals surface area contributed by atoms with Gasteiger partial charge in [-0.1, -0.05) is 36.4 Å². The predicted molar refractivity (Wildman–Crippen MR) is 46.9 cm³/mol. The third-order valence-electron chi connectivity index (χ3n) is 2.04. The Bertz CT molecular complexity index is 111. The van der Waals surface area contributed by atoms with E-state index < -0.39 is 11.4 Å². The number of carboxylic acids is 1. The van der Waals surface area contributed by atoms with Gasteiger partial charge in [0.2, 0.25) is 0 Å². The summed E-state index contributed by atoms with van der Waals surface area (Å²) in [4.78, 5) is 10.6. The molecule has 60 valence electrons. The molecule has 0 aromatic carbocycles. The molecule has 0 saturated heterocycles. The fourth-order valence-corrected chi connectivity index (χ4v) is 2.17. The first-order chi connectivity index (χ1) is 4.63. The SMILES string of the molecule is CCC(CC)(CI)C(=O)[O-]. The molecule has 0 aliphatic carbocycles. The quantitative estimate of drug-likeness (QED) is 0.555. The molecule has 0 unspecified atom stereocenters. The summed E-state index contributed by atoms with van der Waals surface area (Å²) < 4.78 is 0.639. The van der Waals surface area contributed by atoms with E-state index in [-0.39, 0.29) is 0 Å². The maximum Gasteiger partial charge on any atom is 0.0483 e. The van der Waals surface area contributed by atoms with E-state index in [0.29, 0.717) is 17.3 Å². The molecule has 0 rings (SSSR count). The van der Waals surface area contributed by atoms with Crippen LogP contribution >= 0.6 is 22.6 Å². The van der Waals surface area contributed by atoms with Gasteiger partial charge in [-0.05, 0) is 12.8 Å². The second-order valence-electron chi connectivity index (χ2n) is 2.41. The molecule has 0 aromatic rings. The Kier molecular flexibility index (Phi) is 4.24. The first-order valence-electron chi connectivity index (χ1n) is 3.40. The molecule has 0 radical (unpaired) electrons. The van der Waals surface area contributed by atoms with Gasteiger partial charge >= 0.3 is 0 Å². The van der Waals surface area contributed by atoms with Crippen molar-refractivity contribution >= 4 is 28.6 Å². The largest absolute Gasteiger partial charge is 0.550 e. The summed E-state index contributed by atoms with van der Waals surface area (Å²) in [7, 11) is 0. The topological polar surface area (TPSA) is 40.1 Å². The Balaban J connectivity index is 4.31. The molecule has 0 fully saturated rings. The predicted octanol–water partition coefficient (Wildman–Crippen LogP) is 0.978. The minimum atomic E-state index is -0.910. The van der Waals surface area contributed by atoms with Gasteiger partial charge in [-0.3, -0.25) is 0 Å². The molecule has 0 amide bonds. The highest BCUT2D eigenvalue weighted by molar-refractivity contribution is 14.1. The van der Waals surface area contributed by atoms with E-state index in [4.69, 9.17) is 0 Å². The zero-order valence-electron chi connectivity index (χ0n) is 6.32. The highest BCUT2D eigenvalue weighted by atomic mass is 127. The van der Waals surface area contributed by atoms with Crippen LogP contribution in [0.3, 0.4) is 0 Å². The first-order valence-corrected chi connectivity index (χ1v) is 4.93. The number of carboxylic acid groups (broad SMARTS) is 1. The summed E-state index contributed by atoms with van der Waals surface area (Å²) in [6.45, 7) is 3.77. The summed E-state index contributed by atoms with van der Waals surface area (Å²) in [6.07, 6.45) is 1.32. The lowest BCUT2D eigenvalue weighted by atomic mass is 9.85. The molecule has 0 atom stereocenters. The molecule has 0 aliphatic heterocycles. The second-order valence-corrected chi connectivity index (χ2v) is 3.17. The van der Waals surface area contributed by atoms with E-state index in [2.05, 4.69) is 22.6 Å². The van der Waals surface area contributed by atoms with Crippen LogP contribution in [-0.4, -0.2) is 10.4 Å². The zero-order valence-corrected chi connectivity index (χ0v) is 8.47. The fraction of sp³-hybridized carbons (Fsp3) is 0.857. The van der Waals surface area contributed by atoms with Crippen LogP contribution in [0.2, 0.25) is 0 Å². The summed E-state index contributed by atoms with van der Waals surface area (Å²) in [5.74, 6) is -0.910. The lowest BCUT2D eigenvalue weighted by Crippen LogP contribution is -2.42. The lowest BCUT2D eigenvalue weighted by Gasteiger charge is -2.30. The number of aliphatic carboxylic acids is 1. The van der Waals surface area contributed by atoms with Crippen LogP contribution < -0.4 is 5.11 Å². The Labute approximate surface area is 75.1 Å². The van der Waals surface area contributed by atoms with Crippen molar-refractivity contribution in [1.29, 1.82) is 0 Å². The average molecular weight is 255 g/mol. The number of alkyl halides is 1.